The van der Waals surface area contributed by atoms with Gasteiger partial charge in [0.25, 0.3) is 5.91 Å². The van der Waals surface area contributed by atoms with E-state index >= 15 is 0 Å². The molecule has 7 nitrogen and oxygen atoms in total. The number of rotatable bonds is 6. The second-order valence-corrected chi connectivity index (χ2v) is 4.65. The first-order chi connectivity index (χ1) is 10.0. The zero-order valence-corrected chi connectivity index (χ0v) is 11.5. The highest BCUT2D eigenvalue weighted by molar-refractivity contribution is 6.05. The standard InChI is InChI=1S/C14H16N2O5/c1-21-11-5-3-2-4-9(11)6-7-16-13(19)10(8-12(17)18)15-14(16)20/h2-5,10H,6-8H2,1H3,(H,15,20)(H,17,18)/t10-/m1/s1. The van der Waals surface area contributed by atoms with Crippen molar-refractivity contribution in [3.8, 4) is 5.75 Å². The minimum atomic E-state index is -1.12. The van der Waals surface area contributed by atoms with Crippen LogP contribution in [-0.2, 0) is 16.0 Å². The Morgan fingerprint density at radius 2 is 2.10 bits per heavy atom. The summed E-state index contributed by atoms with van der Waals surface area (Å²) in [5, 5.41) is 11.1. The summed E-state index contributed by atoms with van der Waals surface area (Å²) >= 11 is 0. The Morgan fingerprint density at radius 1 is 1.38 bits per heavy atom. The van der Waals surface area contributed by atoms with Crippen molar-refractivity contribution in [1.82, 2.24) is 10.2 Å². The van der Waals surface area contributed by atoms with Crippen LogP contribution in [0.1, 0.15) is 12.0 Å². The van der Waals surface area contributed by atoms with E-state index in [1.807, 2.05) is 18.2 Å². The number of hydrogen-bond acceptors (Lipinski definition) is 4. The molecule has 7 heteroatoms. The number of methoxy groups -OCH3 is 1. The van der Waals surface area contributed by atoms with Gasteiger partial charge < -0.3 is 15.2 Å². The van der Waals surface area contributed by atoms with E-state index in [0.29, 0.717) is 12.2 Å². The van der Waals surface area contributed by atoms with E-state index < -0.39 is 30.4 Å². The van der Waals surface area contributed by atoms with Gasteiger partial charge in [-0.1, -0.05) is 18.2 Å². The predicted octanol–water partition coefficient (Wildman–Crippen LogP) is 0.633. The van der Waals surface area contributed by atoms with Crippen LogP contribution >= 0.6 is 0 Å². The first kappa shape index (κ1) is 14.8. The molecule has 1 aromatic carbocycles. The number of para-hydroxylation sites is 1. The van der Waals surface area contributed by atoms with Crippen LogP contribution in [0.25, 0.3) is 0 Å². The van der Waals surface area contributed by atoms with Gasteiger partial charge in [0.1, 0.15) is 11.8 Å². The Labute approximate surface area is 121 Å². The van der Waals surface area contributed by atoms with E-state index in [1.165, 1.54) is 0 Å². The molecule has 0 saturated carbocycles. The molecule has 1 aromatic rings. The van der Waals surface area contributed by atoms with Crippen LogP contribution in [0.3, 0.4) is 0 Å². The fraction of sp³-hybridized carbons (Fsp3) is 0.357. The number of hydrogen-bond donors (Lipinski definition) is 2. The summed E-state index contributed by atoms with van der Waals surface area (Å²) in [6, 6.07) is 5.80. The number of benzene rings is 1. The third kappa shape index (κ3) is 3.31. The van der Waals surface area contributed by atoms with Crippen LogP contribution in [0, 0.1) is 0 Å². The summed E-state index contributed by atoms with van der Waals surface area (Å²) in [4.78, 5) is 35.4. The lowest BCUT2D eigenvalue weighted by molar-refractivity contribution is -0.140. The first-order valence-corrected chi connectivity index (χ1v) is 6.48. The molecule has 0 aromatic heterocycles. The Kier molecular flexibility index (Phi) is 4.42. The molecule has 21 heavy (non-hydrogen) atoms. The molecule has 0 aliphatic carbocycles. The average molecular weight is 292 g/mol. The second-order valence-electron chi connectivity index (χ2n) is 4.65. The van der Waals surface area contributed by atoms with Crippen molar-refractivity contribution in [3.05, 3.63) is 29.8 Å². The lowest BCUT2D eigenvalue weighted by atomic mass is 10.1. The molecule has 0 spiro atoms. The van der Waals surface area contributed by atoms with E-state index in [4.69, 9.17) is 9.84 Å². The van der Waals surface area contributed by atoms with E-state index in [2.05, 4.69) is 5.32 Å². The van der Waals surface area contributed by atoms with Crippen molar-refractivity contribution < 1.29 is 24.2 Å². The fourth-order valence-corrected chi connectivity index (χ4v) is 2.24. The van der Waals surface area contributed by atoms with Crippen molar-refractivity contribution in [3.63, 3.8) is 0 Å². The number of imide groups is 1. The van der Waals surface area contributed by atoms with Crippen molar-refractivity contribution in [2.45, 2.75) is 18.9 Å². The topological polar surface area (TPSA) is 95.9 Å². The zero-order chi connectivity index (χ0) is 15.4. The molecule has 1 saturated heterocycles. The Bertz CT molecular complexity index is 572. The minimum Gasteiger partial charge on any atom is -0.496 e. The van der Waals surface area contributed by atoms with Gasteiger partial charge in [0.15, 0.2) is 0 Å². The molecule has 2 rings (SSSR count). The molecule has 1 fully saturated rings. The summed E-state index contributed by atoms with van der Waals surface area (Å²) in [6.07, 6.45) is 0.0404. The number of ether oxygens (including phenoxy) is 1. The third-order valence-corrected chi connectivity index (χ3v) is 3.28. The van der Waals surface area contributed by atoms with E-state index in [-0.39, 0.29) is 6.54 Å². The van der Waals surface area contributed by atoms with Gasteiger partial charge in [-0.05, 0) is 18.1 Å². The summed E-state index contributed by atoms with van der Waals surface area (Å²) in [5.41, 5.74) is 0.877. The van der Waals surface area contributed by atoms with Crippen molar-refractivity contribution >= 4 is 17.9 Å². The molecule has 1 aliphatic heterocycles. The molecule has 1 aliphatic rings. The number of urea groups is 1. The quantitative estimate of drug-likeness (QED) is 0.750. The monoisotopic (exact) mass is 292 g/mol. The molecular weight excluding hydrogens is 276 g/mol. The maximum atomic E-state index is 12.0. The highest BCUT2D eigenvalue weighted by atomic mass is 16.5. The van der Waals surface area contributed by atoms with Crippen LogP contribution in [0.2, 0.25) is 0 Å². The molecule has 0 unspecified atom stereocenters. The minimum absolute atomic E-state index is 0.182. The summed E-state index contributed by atoms with van der Waals surface area (Å²) in [6.45, 7) is 0.182. The maximum Gasteiger partial charge on any atom is 0.324 e. The smallest absolute Gasteiger partial charge is 0.324 e. The predicted molar refractivity (Wildman–Crippen MR) is 73.0 cm³/mol. The average Bonchev–Trinajstić information content (AvgIpc) is 2.71. The molecule has 3 amide bonds. The number of amides is 3. The van der Waals surface area contributed by atoms with Gasteiger partial charge in [-0.25, -0.2) is 4.79 Å². The SMILES string of the molecule is COc1ccccc1CCN1C(=O)N[C@H](CC(=O)O)C1=O. The molecule has 2 N–H and O–H groups in total. The highest BCUT2D eigenvalue weighted by Gasteiger charge is 2.38. The Hall–Kier alpha value is -2.57. The van der Waals surface area contributed by atoms with E-state index in [1.54, 1.807) is 13.2 Å². The van der Waals surface area contributed by atoms with Crippen molar-refractivity contribution in [2.75, 3.05) is 13.7 Å². The van der Waals surface area contributed by atoms with Crippen LogP contribution < -0.4 is 10.1 Å². The largest absolute Gasteiger partial charge is 0.496 e. The van der Waals surface area contributed by atoms with Gasteiger partial charge in [0.2, 0.25) is 0 Å². The molecule has 1 heterocycles. The van der Waals surface area contributed by atoms with Crippen molar-refractivity contribution in [2.24, 2.45) is 0 Å². The Balaban J connectivity index is 2.01. The van der Waals surface area contributed by atoms with E-state index in [0.717, 1.165) is 10.5 Å². The molecular formula is C14H16N2O5. The number of aliphatic carboxylic acids is 1. The van der Waals surface area contributed by atoms with Crippen LogP contribution in [0.4, 0.5) is 4.79 Å². The number of carbonyl (C=O) groups is 3. The van der Waals surface area contributed by atoms with Crippen LogP contribution in [0.15, 0.2) is 24.3 Å². The maximum absolute atomic E-state index is 12.0. The number of carboxylic acids is 1. The number of carboxylic acid groups (broad SMARTS) is 1. The van der Waals surface area contributed by atoms with Gasteiger partial charge in [-0.3, -0.25) is 14.5 Å². The van der Waals surface area contributed by atoms with Gasteiger partial charge in [-0.2, -0.15) is 0 Å². The zero-order valence-electron chi connectivity index (χ0n) is 11.5. The first-order valence-electron chi connectivity index (χ1n) is 6.48. The molecule has 112 valence electrons. The van der Waals surface area contributed by atoms with Gasteiger partial charge >= 0.3 is 12.0 Å². The summed E-state index contributed by atoms with van der Waals surface area (Å²) in [7, 11) is 1.55. The summed E-state index contributed by atoms with van der Waals surface area (Å²) in [5.74, 6) is -0.941. The van der Waals surface area contributed by atoms with Crippen molar-refractivity contribution in [1.29, 1.82) is 0 Å². The third-order valence-electron chi connectivity index (χ3n) is 3.28. The summed E-state index contributed by atoms with van der Waals surface area (Å²) < 4.78 is 5.21. The van der Waals surface area contributed by atoms with Gasteiger partial charge in [0, 0.05) is 6.54 Å². The highest BCUT2D eigenvalue weighted by Crippen LogP contribution is 2.19. The van der Waals surface area contributed by atoms with Crippen LogP contribution in [-0.4, -0.2) is 47.6 Å². The second kappa shape index (κ2) is 6.25. The number of nitrogens with one attached hydrogen (secondary N) is 1. The molecule has 0 bridgehead atoms. The molecule has 1 atom stereocenters. The lowest BCUT2D eigenvalue weighted by Crippen LogP contribution is -2.34. The van der Waals surface area contributed by atoms with Gasteiger partial charge in [0.05, 0.1) is 13.5 Å². The number of carbonyl (C=O) groups excluding carboxylic acids is 2. The van der Waals surface area contributed by atoms with Crippen LogP contribution in [0.5, 0.6) is 5.75 Å². The molecule has 0 radical (unpaired) electrons. The fourth-order valence-electron chi connectivity index (χ4n) is 2.24. The number of nitrogens with zero attached hydrogens (tertiary/aromatic N) is 1. The van der Waals surface area contributed by atoms with Gasteiger partial charge in [-0.15, -0.1) is 0 Å². The lowest BCUT2D eigenvalue weighted by Gasteiger charge is -2.14. The normalized spacial score (nSPS) is 17.8. The Morgan fingerprint density at radius 3 is 2.76 bits per heavy atom. The van der Waals surface area contributed by atoms with E-state index in [9.17, 15) is 14.4 Å².